The lowest BCUT2D eigenvalue weighted by molar-refractivity contribution is -0.160. The Morgan fingerprint density at radius 3 is 1.15 bits per heavy atom. The molecule has 0 radical (unpaired) electrons. The lowest BCUT2D eigenvalue weighted by Gasteiger charge is -2.15. The van der Waals surface area contributed by atoms with Crippen LogP contribution >= 0.6 is 0 Å². The molecule has 362 valence electrons. The van der Waals surface area contributed by atoms with Gasteiger partial charge in [-0.05, 0) is 52.7 Å². The van der Waals surface area contributed by atoms with Crippen LogP contribution in [0.25, 0.3) is 0 Å². The van der Waals surface area contributed by atoms with Crippen LogP contribution in [0.2, 0.25) is 0 Å². The minimum Gasteiger partial charge on any atom is -0.463 e. The van der Waals surface area contributed by atoms with Crippen LogP contribution in [0.3, 0.4) is 0 Å². The Morgan fingerprint density at radius 2 is 0.817 bits per heavy atom. The number of unbranched alkanes of at least 4 members (excludes halogenated alkanes) is 33. The Hall–Kier alpha value is -0.730. The Bertz CT molecular complexity index is 732. The van der Waals surface area contributed by atoms with E-state index in [0.29, 0.717) is 26.2 Å². The molecule has 0 aromatic carbocycles. The molecule has 1 heterocycles. The maximum Gasteiger partial charge on any atom is 0.305 e. The largest absolute Gasteiger partial charge is 0.463 e. The Morgan fingerprint density at radius 1 is 0.483 bits per heavy atom. The van der Waals surface area contributed by atoms with Crippen molar-refractivity contribution < 1.29 is 29.2 Å². The van der Waals surface area contributed by atoms with Crippen LogP contribution in [-0.4, -0.2) is 80.5 Å². The van der Waals surface area contributed by atoms with Crippen molar-refractivity contribution >= 4 is 5.97 Å². The molecular weight excluding hydrogens is 747 g/mol. The first kappa shape index (κ1) is 61.4. The highest BCUT2D eigenvalue weighted by atomic mass is 16.7. The van der Waals surface area contributed by atoms with Gasteiger partial charge < -0.3 is 29.3 Å². The fraction of sp³-hybridized carbons (Fsp3) is 0.981. The molecule has 2 atom stereocenters. The molecule has 0 bridgehead atoms. The van der Waals surface area contributed by atoms with Crippen molar-refractivity contribution in [2.24, 2.45) is 0 Å². The van der Waals surface area contributed by atoms with Crippen molar-refractivity contribution in [3.63, 3.8) is 0 Å². The summed E-state index contributed by atoms with van der Waals surface area (Å²) in [5.41, 5.74) is 0. The van der Waals surface area contributed by atoms with Gasteiger partial charge in [-0.15, -0.1) is 0 Å². The molecule has 1 fully saturated rings. The van der Waals surface area contributed by atoms with Gasteiger partial charge in [0.05, 0.1) is 6.10 Å². The Balaban J connectivity index is 0. The molecule has 0 aromatic heterocycles. The summed E-state index contributed by atoms with van der Waals surface area (Å²) in [5.74, 6) is -0.124. The van der Waals surface area contributed by atoms with Crippen LogP contribution in [-0.2, 0) is 19.0 Å². The van der Waals surface area contributed by atoms with Gasteiger partial charge in [0.15, 0.2) is 6.29 Å². The molecule has 0 aliphatic carbocycles. The van der Waals surface area contributed by atoms with Crippen molar-refractivity contribution in [2.45, 2.75) is 290 Å². The highest BCUT2D eigenvalue weighted by Crippen LogP contribution is 2.22. The van der Waals surface area contributed by atoms with Gasteiger partial charge in [-0.3, -0.25) is 4.79 Å². The highest BCUT2D eigenvalue weighted by molar-refractivity contribution is 5.69. The minimum atomic E-state index is -0.124. The number of hydrogen-bond acceptors (Lipinski definition) is 7. The molecule has 1 aliphatic heterocycles. The first-order chi connectivity index (χ1) is 29.4. The van der Waals surface area contributed by atoms with Crippen molar-refractivity contribution in [1.29, 1.82) is 0 Å². The lowest BCUT2D eigenvalue weighted by Crippen LogP contribution is -2.21. The molecule has 7 heteroatoms. The third kappa shape index (κ3) is 53.4. The topological polar surface area (TPSA) is 88.5 Å². The van der Waals surface area contributed by atoms with Crippen molar-refractivity contribution in [3.8, 4) is 0 Å². The fourth-order valence-electron chi connectivity index (χ4n) is 7.78. The summed E-state index contributed by atoms with van der Waals surface area (Å²) in [4.78, 5) is 13.8. The van der Waals surface area contributed by atoms with Crippen LogP contribution in [0.5, 0.6) is 0 Å². The number of esters is 1. The second-order valence-corrected chi connectivity index (χ2v) is 18.3. The van der Waals surface area contributed by atoms with E-state index in [1.807, 2.05) is 14.1 Å². The van der Waals surface area contributed by atoms with E-state index in [-0.39, 0.29) is 18.4 Å². The zero-order valence-corrected chi connectivity index (χ0v) is 41.4. The smallest absolute Gasteiger partial charge is 0.305 e. The Kier molecular flexibility index (Phi) is 55.6. The van der Waals surface area contributed by atoms with Gasteiger partial charge in [0.25, 0.3) is 0 Å². The van der Waals surface area contributed by atoms with E-state index in [4.69, 9.17) is 24.4 Å². The van der Waals surface area contributed by atoms with E-state index in [0.717, 1.165) is 51.7 Å². The first-order valence-corrected chi connectivity index (χ1v) is 26.7. The average Bonchev–Trinajstić information content (AvgIpc) is 3.71. The average molecular weight is 856 g/mol. The number of hydrogen-bond donors (Lipinski definition) is 2. The van der Waals surface area contributed by atoms with E-state index < -0.39 is 0 Å². The minimum absolute atomic E-state index is 0.00484. The van der Waals surface area contributed by atoms with Gasteiger partial charge in [-0.1, -0.05) is 233 Å². The van der Waals surface area contributed by atoms with E-state index in [2.05, 4.69) is 25.7 Å². The summed E-state index contributed by atoms with van der Waals surface area (Å²) < 4.78 is 17.0. The predicted molar refractivity (Wildman–Crippen MR) is 260 cm³/mol. The zero-order valence-electron chi connectivity index (χ0n) is 41.4. The van der Waals surface area contributed by atoms with Crippen LogP contribution in [0, 0.1) is 0 Å². The fourth-order valence-corrected chi connectivity index (χ4v) is 7.78. The predicted octanol–water partition coefficient (Wildman–Crippen LogP) is 15.5. The standard InChI is InChI=1S/C25H49NO4.2C14H30O/c1-4-5-6-7-8-9-10-11-12-13-14-15-21-28-25-19-18-23(30-25)22-29-24(27)17-16-20-26(2)3;2*1-2-3-4-5-6-7-8-9-10-11-12-13-14-15/h23,25H,4-22H2,1-3H3;2*15H,2-14H2,1H3. The molecule has 2 N–H and O–H groups in total. The molecular formula is C53H109NO6. The molecule has 1 saturated heterocycles. The molecule has 60 heavy (non-hydrogen) atoms. The monoisotopic (exact) mass is 856 g/mol. The lowest BCUT2D eigenvalue weighted by atomic mass is 10.1. The van der Waals surface area contributed by atoms with Crippen LogP contribution in [0.15, 0.2) is 0 Å². The van der Waals surface area contributed by atoms with Gasteiger partial charge in [-0.25, -0.2) is 0 Å². The van der Waals surface area contributed by atoms with Crippen LogP contribution in [0.1, 0.15) is 278 Å². The number of aliphatic hydroxyl groups is 2. The quantitative estimate of drug-likeness (QED) is 0.0466. The van der Waals surface area contributed by atoms with E-state index in [9.17, 15) is 4.79 Å². The molecule has 1 rings (SSSR count). The molecule has 2 unspecified atom stereocenters. The zero-order chi connectivity index (χ0) is 44.3. The number of carbonyl (C=O) groups is 1. The van der Waals surface area contributed by atoms with Gasteiger partial charge in [-0.2, -0.15) is 0 Å². The van der Waals surface area contributed by atoms with E-state index in [1.54, 1.807) is 0 Å². The molecule has 1 aliphatic rings. The number of nitrogens with zero attached hydrogens (tertiary/aromatic N) is 1. The van der Waals surface area contributed by atoms with E-state index in [1.165, 1.54) is 212 Å². The van der Waals surface area contributed by atoms with Crippen LogP contribution in [0.4, 0.5) is 0 Å². The van der Waals surface area contributed by atoms with E-state index >= 15 is 0 Å². The second-order valence-electron chi connectivity index (χ2n) is 18.3. The second kappa shape index (κ2) is 54.4. The van der Waals surface area contributed by atoms with Gasteiger partial charge in [0.1, 0.15) is 6.61 Å². The van der Waals surface area contributed by atoms with Crippen molar-refractivity contribution in [2.75, 3.05) is 47.1 Å². The van der Waals surface area contributed by atoms with Gasteiger partial charge in [0.2, 0.25) is 0 Å². The third-order valence-electron chi connectivity index (χ3n) is 11.8. The first-order valence-electron chi connectivity index (χ1n) is 26.7. The molecule has 0 saturated carbocycles. The number of ether oxygens (including phenoxy) is 3. The summed E-state index contributed by atoms with van der Waals surface area (Å²) in [5, 5.41) is 17.2. The normalized spacial score (nSPS) is 14.9. The molecule has 7 nitrogen and oxygen atoms in total. The number of carbonyl (C=O) groups excluding carboxylic acids is 1. The SMILES string of the molecule is CCCCCCCCCCCCCCO.CCCCCCCCCCCCCCO.CCCCCCCCCCCCCCOC1CCC(COC(=O)CCCN(C)C)O1. The summed E-state index contributed by atoms with van der Waals surface area (Å²) in [6.45, 7) is 9.60. The Labute approximate surface area is 376 Å². The number of aliphatic hydroxyl groups excluding tert-OH is 2. The maximum atomic E-state index is 11.7. The third-order valence-corrected chi connectivity index (χ3v) is 11.8. The van der Waals surface area contributed by atoms with Crippen LogP contribution < -0.4 is 0 Å². The van der Waals surface area contributed by atoms with Gasteiger partial charge >= 0.3 is 5.97 Å². The van der Waals surface area contributed by atoms with Crippen molar-refractivity contribution in [3.05, 3.63) is 0 Å². The maximum absolute atomic E-state index is 11.7. The summed E-state index contributed by atoms with van der Waals surface area (Å²) in [7, 11) is 4.02. The summed E-state index contributed by atoms with van der Waals surface area (Å²) >= 11 is 0. The summed E-state index contributed by atoms with van der Waals surface area (Å²) in [6, 6.07) is 0. The molecule has 0 spiro atoms. The van der Waals surface area contributed by atoms with Gasteiger partial charge in [0, 0.05) is 32.7 Å². The van der Waals surface area contributed by atoms with Crippen molar-refractivity contribution in [1.82, 2.24) is 4.90 Å². The number of rotatable bonds is 44. The molecule has 0 amide bonds. The molecule has 0 aromatic rings. The summed E-state index contributed by atoms with van der Waals surface area (Å²) in [6.07, 6.45) is 51.7. The highest BCUT2D eigenvalue weighted by Gasteiger charge is 2.26.